The highest BCUT2D eigenvalue weighted by Gasteiger charge is 2.22. The van der Waals surface area contributed by atoms with Gasteiger partial charge in [0, 0.05) is 30.3 Å². The summed E-state index contributed by atoms with van der Waals surface area (Å²) in [6.07, 6.45) is 0. The van der Waals surface area contributed by atoms with Gasteiger partial charge in [0.1, 0.15) is 5.82 Å². The summed E-state index contributed by atoms with van der Waals surface area (Å²) in [6.45, 7) is 2.98. The number of aryl methyl sites for hydroxylation is 1. The molecular formula is C18H19FN2O4S2. The van der Waals surface area contributed by atoms with Crippen molar-refractivity contribution in [3.8, 4) is 0 Å². The molecule has 2 N–H and O–H groups in total. The fraction of sp³-hybridized carbons (Fsp3) is 0.278. The Labute approximate surface area is 161 Å². The van der Waals surface area contributed by atoms with Crippen LogP contribution in [0.15, 0.2) is 41.3 Å². The van der Waals surface area contributed by atoms with E-state index in [1.165, 1.54) is 19.1 Å². The molecular weight excluding hydrogens is 391 g/mol. The molecule has 0 saturated carbocycles. The van der Waals surface area contributed by atoms with Gasteiger partial charge in [-0.05, 0) is 48.9 Å². The highest BCUT2D eigenvalue weighted by Crippen LogP contribution is 2.28. The number of nitrogens with one attached hydrogen (secondary N) is 1. The zero-order valence-electron chi connectivity index (χ0n) is 14.6. The molecule has 1 heterocycles. The summed E-state index contributed by atoms with van der Waals surface area (Å²) < 4.78 is 40.8. The molecule has 2 aromatic rings. The van der Waals surface area contributed by atoms with Crippen molar-refractivity contribution in [2.75, 3.05) is 34.2 Å². The van der Waals surface area contributed by atoms with Crippen LogP contribution in [0, 0.1) is 12.7 Å². The van der Waals surface area contributed by atoms with Crippen LogP contribution in [-0.2, 0) is 10.0 Å². The minimum absolute atomic E-state index is 0.0397. The number of aromatic carboxylic acids is 1. The first-order chi connectivity index (χ1) is 12.8. The lowest BCUT2D eigenvalue weighted by Crippen LogP contribution is -2.33. The third kappa shape index (κ3) is 4.36. The predicted octanol–water partition coefficient (Wildman–Crippen LogP) is 3.19. The highest BCUT2D eigenvalue weighted by atomic mass is 32.2. The van der Waals surface area contributed by atoms with E-state index in [0.717, 1.165) is 36.7 Å². The third-order valence-electron chi connectivity index (χ3n) is 4.26. The molecule has 1 fully saturated rings. The summed E-state index contributed by atoms with van der Waals surface area (Å²) in [4.78, 5) is 13.6. The van der Waals surface area contributed by atoms with Crippen LogP contribution in [0.2, 0.25) is 0 Å². The fourth-order valence-electron chi connectivity index (χ4n) is 2.98. The first kappa shape index (κ1) is 19.5. The Morgan fingerprint density at radius 3 is 2.52 bits per heavy atom. The number of benzene rings is 2. The van der Waals surface area contributed by atoms with Crippen LogP contribution in [-0.4, -0.2) is 44.1 Å². The Morgan fingerprint density at radius 2 is 1.89 bits per heavy atom. The summed E-state index contributed by atoms with van der Waals surface area (Å²) in [5, 5.41) is 9.56. The molecule has 0 spiro atoms. The zero-order valence-corrected chi connectivity index (χ0v) is 16.2. The van der Waals surface area contributed by atoms with Gasteiger partial charge in [-0.15, -0.1) is 0 Å². The molecule has 1 aliphatic heterocycles. The minimum Gasteiger partial charge on any atom is -0.478 e. The number of sulfonamides is 1. The summed E-state index contributed by atoms with van der Waals surface area (Å²) >= 11 is 1.81. The van der Waals surface area contributed by atoms with Crippen LogP contribution >= 0.6 is 11.8 Å². The number of thioether (sulfide) groups is 1. The predicted molar refractivity (Wildman–Crippen MR) is 105 cm³/mol. The zero-order chi connectivity index (χ0) is 19.6. The monoisotopic (exact) mass is 410 g/mol. The number of carbonyl (C=O) groups is 1. The molecule has 27 heavy (non-hydrogen) atoms. The van der Waals surface area contributed by atoms with Crippen LogP contribution in [0.1, 0.15) is 15.9 Å². The van der Waals surface area contributed by atoms with E-state index in [2.05, 4.69) is 4.72 Å². The molecule has 0 aliphatic carbocycles. The molecule has 0 radical (unpaired) electrons. The molecule has 9 heteroatoms. The smallest absolute Gasteiger partial charge is 0.337 e. The lowest BCUT2D eigenvalue weighted by molar-refractivity contribution is 0.0697. The van der Waals surface area contributed by atoms with E-state index in [-0.39, 0.29) is 21.7 Å². The van der Waals surface area contributed by atoms with E-state index in [1.54, 1.807) is 12.1 Å². The van der Waals surface area contributed by atoms with Gasteiger partial charge in [0.05, 0.1) is 16.1 Å². The highest BCUT2D eigenvalue weighted by molar-refractivity contribution is 7.99. The quantitative estimate of drug-likeness (QED) is 0.787. The number of nitrogens with zero attached hydrogens (tertiary/aromatic N) is 1. The van der Waals surface area contributed by atoms with E-state index < -0.39 is 21.8 Å². The van der Waals surface area contributed by atoms with Gasteiger partial charge in [0.2, 0.25) is 0 Å². The van der Waals surface area contributed by atoms with Crippen molar-refractivity contribution in [2.45, 2.75) is 11.8 Å². The second kappa shape index (κ2) is 7.77. The Balaban J connectivity index is 1.93. The summed E-state index contributed by atoms with van der Waals surface area (Å²) in [6, 6.07) is 7.87. The van der Waals surface area contributed by atoms with Crippen molar-refractivity contribution in [3.05, 3.63) is 53.3 Å². The summed E-state index contributed by atoms with van der Waals surface area (Å²) in [7, 11) is -3.97. The van der Waals surface area contributed by atoms with Crippen molar-refractivity contribution in [2.24, 2.45) is 0 Å². The Bertz CT molecular complexity index is 973. The van der Waals surface area contributed by atoms with Crippen LogP contribution in [0.4, 0.5) is 15.8 Å². The Kier molecular flexibility index (Phi) is 5.61. The number of hydrogen-bond acceptors (Lipinski definition) is 5. The standard InChI is InChI=1S/C18H19FN2O4S2/c1-12-10-13(19)2-5-17(12)27(24,25)20-14-3-4-16(15(11-14)18(22)23)21-6-8-26-9-7-21/h2-5,10-11,20H,6-9H2,1H3,(H,22,23). The van der Waals surface area contributed by atoms with Crippen LogP contribution in [0.3, 0.4) is 0 Å². The van der Waals surface area contributed by atoms with E-state index in [4.69, 9.17) is 0 Å². The number of rotatable bonds is 5. The van der Waals surface area contributed by atoms with Crippen molar-refractivity contribution < 1.29 is 22.7 Å². The number of hydrogen-bond donors (Lipinski definition) is 2. The number of carboxylic acid groups (broad SMARTS) is 1. The van der Waals surface area contributed by atoms with Gasteiger partial charge in [-0.25, -0.2) is 17.6 Å². The largest absolute Gasteiger partial charge is 0.478 e. The molecule has 0 unspecified atom stereocenters. The molecule has 0 amide bonds. The average molecular weight is 410 g/mol. The van der Waals surface area contributed by atoms with Gasteiger partial charge in [0.25, 0.3) is 10.0 Å². The van der Waals surface area contributed by atoms with E-state index in [0.29, 0.717) is 5.69 Å². The van der Waals surface area contributed by atoms with Crippen LogP contribution in [0.5, 0.6) is 0 Å². The lowest BCUT2D eigenvalue weighted by Gasteiger charge is -2.29. The van der Waals surface area contributed by atoms with Crippen molar-refractivity contribution >= 4 is 39.1 Å². The maximum absolute atomic E-state index is 13.2. The molecule has 0 bridgehead atoms. The molecule has 2 aromatic carbocycles. The van der Waals surface area contributed by atoms with Gasteiger partial charge in [-0.2, -0.15) is 11.8 Å². The maximum atomic E-state index is 13.2. The molecule has 144 valence electrons. The van der Waals surface area contributed by atoms with Gasteiger partial charge >= 0.3 is 5.97 Å². The summed E-state index contributed by atoms with van der Waals surface area (Å²) in [5.41, 5.74) is 1.02. The second-order valence-corrected chi connectivity index (χ2v) is 9.03. The van der Waals surface area contributed by atoms with Gasteiger partial charge in [-0.3, -0.25) is 4.72 Å². The molecule has 1 aliphatic rings. The SMILES string of the molecule is Cc1cc(F)ccc1S(=O)(=O)Nc1ccc(N2CCSCC2)c(C(=O)O)c1. The lowest BCUT2D eigenvalue weighted by atomic mass is 10.1. The molecule has 0 atom stereocenters. The topological polar surface area (TPSA) is 86.7 Å². The number of carboxylic acids is 1. The molecule has 3 rings (SSSR count). The Morgan fingerprint density at radius 1 is 1.19 bits per heavy atom. The second-order valence-electron chi connectivity index (χ2n) is 6.15. The van der Waals surface area contributed by atoms with E-state index in [9.17, 15) is 22.7 Å². The van der Waals surface area contributed by atoms with Gasteiger partial charge in [-0.1, -0.05) is 0 Å². The van der Waals surface area contributed by atoms with E-state index >= 15 is 0 Å². The maximum Gasteiger partial charge on any atom is 0.337 e. The van der Waals surface area contributed by atoms with Crippen molar-refractivity contribution in [1.82, 2.24) is 0 Å². The first-order valence-electron chi connectivity index (χ1n) is 8.27. The molecule has 6 nitrogen and oxygen atoms in total. The summed E-state index contributed by atoms with van der Waals surface area (Å²) in [5.74, 6) is 0.181. The van der Waals surface area contributed by atoms with Crippen molar-refractivity contribution in [3.63, 3.8) is 0 Å². The van der Waals surface area contributed by atoms with Crippen LogP contribution in [0.25, 0.3) is 0 Å². The van der Waals surface area contributed by atoms with Crippen LogP contribution < -0.4 is 9.62 Å². The average Bonchev–Trinajstić information content (AvgIpc) is 2.61. The van der Waals surface area contributed by atoms with Crippen molar-refractivity contribution in [1.29, 1.82) is 0 Å². The minimum atomic E-state index is -3.97. The Hall–Kier alpha value is -2.26. The fourth-order valence-corrected chi connectivity index (χ4v) is 5.16. The number of anilines is 2. The normalized spacial score (nSPS) is 14.8. The molecule has 1 saturated heterocycles. The first-order valence-corrected chi connectivity index (χ1v) is 10.9. The van der Waals surface area contributed by atoms with Gasteiger partial charge < -0.3 is 10.0 Å². The third-order valence-corrected chi connectivity index (χ3v) is 6.74. The molecule has 0 aromatic heterocycles. The van der Waals surface area contributed by atoms with E-state index in [1.807, 2.05) is 16.7 Å². The number of halogens is 1. The van der Waals surface area contributed by atoms with Gasteiger partial charge in [0.15, 0.2) is 0 Å².